The number of morpholine rings is 1. The third-order valence-corrected chi connectivity index (χ3v) is 5.24. The van der Waals surface area contributed by atoms with Gasteiger partial charge in [-0.2, -0.15) is 0 Å². The van der Waals surface area contributed by atoms with Crippen LogP contribution in [0.15, 0.2) is 42.5 Å². The average Bonchev–Trinajstić information content (AvgIpc) is 2.68. The number of rotatable bonds is 6. The maximum atomic E-state index is 12.7. The molecule has 1 fully saturated rings. The fourth-order valence-corrected chi connectivity index (χ4v) is 3.64. The quantitative estimate of drug-likeness (QED) is 0.840. The second-order valence-corrected chi connectivity index (χ2v) is 7.38. The summed E-state index contributed by atoms with van der Waals surface area (Å²) in [6.07, 6.45) is 0.866. The van der Waals surface area contributed by atoms with Crippen LogP contribution in [0.5, 0.6) is 0 Å². The van der Waals surface area contributed by atoms with Gasteiger partial charge in [-0.05, 0) is 49.1 Å². The first-order valence-electron chi connectivity index (χ1n) is 9.84. The molecule has 4 heteroatoms. The topological polar surface area (TPSA) is 41.6 Å². The lowest BCUT2D eigenvalue weighted by Crippen LogP contribution is -2.35. The fraction of sp³-hybridized carbons (Fsp3) is 0.435. The summed E-state index contributed by atoms with van der Waals surface area (Å²) in [7, 11) is 0. The minimum atomic E-state index is -0.0141. The Balaban J connectivity index is 1.64. The Bertz CT molecular complexity index is 764. The highest BCUT2D eigenvalue weighted by Crippen LogP contribution is 2.22. The molecular weight excluding hydrogens is 336 g/mol. The Kier molecular flexibility index (Phi) is 6.64. The molecule has 0 saturated carbocycles. The molecule has 1 atom stereocenters. The van der Waals surface area contributed by atoms with Crippen molar-refractivity contribution in [3.8, 4) is 0 Å². The third-order valence-electron chi connectivity index (χ3n) is 5.24. The molecular formula is C23H30N2O2. The number of nitrogens with zero attached hydrogens (tertiary/aromatic N) is 1. The minimum Gasteiger partial charge on any atom is -0.379 e. The van der Waals surface area contributed by atoms with Crippen LogP contribution in [-0.4, -0.2) is 37.1 Å². The number of benzene rings is 2. The van der Waals surface area contributed by atoms with Gasteiger partial charge in [0.2, 0.25) is 0 Å². The highest BCUT2D eigenvalue weighted by molar-refractivity contribution is 5.94. The molecule has 2 aromatic carbocycles. The van der Waals surface area contributed by atoms with Gasteiger partial charge in [-0.3, -0.25) is 9.69 Å². The molecule has 3 rings (SSSR count). The van der Waals surface area contributed by atoms with Gasteiger partial charge in [0.1, 0.15) is 0 Å². The van der Waals surface area contributed by atoms with Crippen molar-refractivity contribution in [3.63, 3.8) is 0 Å². The number of nitrogens with one attached hydrogen (secondary N) is 1. The van der Waals surface area contributed by atoms with Gasteiger partial charge in [-0.1, -0.05) is 42.8 Å². The molecule has 1 aliphatic heterocycles. The summed E-state index contributed by atoms with van der Waals surface area (Å²) in [6.45, 7) is 10.8. The molecule has 1 saturated heterocycles. The van der Waals surface area contributed by atoms with Crippen LogP contribution >= 0.6 is 0 Å². The molecule has 1 N–H and O–H groups in total. The van der Waals surface area contributed by atoms with Gasteiger partial charge in [0.25, 0.3) is 5.91 Å². The van der Waals surface area contributed by atoms with E-state index in [1.54, 1.807) is 0 Å². The van der Waals surface area contributed by atoms with E-state index < -0.39 is 0 Å². The number of hydrogen-bond acceptors (Lipinski definition) is 3. The molecule has 1 amide bonds. The van der Waals surface area contributed by atoms with E-state index in [-0.39, 0.29) is 11.9 Å². The van der Waals surface area contributed by atoms with Crippen LogP contribution < -0.4 is 5.32 Å². The smallest absolute Gasteiger partial charge is 0.251 e. The van der Waals surface area contributed by atoms with Crippen LogP contribution in [0.25, 0.3) is 0 Å². The van der Waals surface area contributed by atoms with Crippen LogP contribution in [0.1, 0.15) is 52.0 Å². The highest BCUT2D eigenvalue weighted by Gasteiger charge is 2.16. The van der Waals surface area contributed by atoms with Crippen molar-refractivity contribution in [2.45, 2.75) is 39.8 Å². The first-order chi connectivity index (χ1) is 13.1. The Morgan fingerprint density at radius 1 is 1.11 bits per heavy atom. The lowest BCUT2D eigenvalue weighted by Gasteiger charge is -2.26. The molecule has 0 unspecified atom stereocenters. The van der Waals surface area contributed by atoms with Crippen molar-refractivity contribution in [2.24, 2.45) is 0 Å². The number of carbonyl (C=O) groups is 1. The molecule has 27 heavy (non-hydrogen) atoms. The zero-order valence-corrected chi connectivity index (χ0v) is 16.6. The maximum Gasteiger partial charge on any atom is 0.251 e. The van der Waals surface area contributed by atoms with E-state index in [9.17, 15) is 4.79 Å². The summed E-state index contributed by atoms with van der Waals surface area (Å²) in [5.41, 5.74) is 5.61. The average molecular weight is 367 g/mol. The third kappa shape index (κ3) is 5.18. The largest absolute Gasteiger partial charge is 0.379 e. The maximum absolute atomic E-state index is 12.7. The number of carbonyl (C=O) groups excluding carboxylic acids is 1. The van der Waals surface area contributed by atoms with Crippen LogP contribution in [0.4, 0.5) is 0 Å². The van der Waals surface area contributed by atoms with Crippen molar-refractivity contribution >= 4 is 5.91 Å². The molecule has 4 nitrogen and oxygen atoms in total. The zero-order chi connectivity index (χ0) is 19.2. The minimum absolute atomic E-state index is 0.0141. The van der Waals surface area contributed by atoms with Gasteiger partial charge in [-0.25, -0.2) is 0 Å². The Hall–Kier alpha value is -2.17. The molecule has 0 spiro atoms. The Labute approximate surface area is 162 Å². The van der Waals surface area contributed by atoms with E-state index in [0.29, 0.717) is 5.56 Å². The van der Waals surface area contributed by atoms with E-state index in [1.165, 1.54) is 22.3 Å². The van der Waals surface area contributed by atoms with Crippen LogP contribution in [0.2, 0.25) is 0 Å². The summed E-state index contributed by atoms with van der Waals surface area (Å²) in [5.74, 6) is -0.0141. The normalized spacial score (nSPS) is 16.1. The monoisotopic (exact) mass is 366 g/mol. The van der Waals surface area contributed by atoms with E-state index in [0.717, 1.165) is 39.3 Å². The van der Waals surface area contributed by atoms with Gasteiger partial charge >= 0.3 is 0 Å². The van der Waals surface area contributed by atoms with Crippen molar-refractivity contribution in [2.75, 3.05) is 26.3 Å². The second-order valence-electron chi connectivity index (χ2n) is 7.38. The van der Waals surface area contributed by atoms with E-state index in [1.807, 2.05) is 12.1 Å². The highest BCUT2D eigenvalue weighted by atomic mass is 16.5. The van der Waals surface area contributed by atoms with Crippen molar-refractivity contribution in [1.29, 1.82) is 0 Å². The fourth-order valence-electron chi connectivity index (χ4n) is 3.64. The van der Waals surface area contributed by atoms with Crippen LogP contribution in [-0.2, 0) is 11.3 Å². The predicted molar refractivity (Wildman–Crippen MR) is 109 cm³/mol. The summed E-state index contributed by atoms with van der Waals surface area (Å²) in [5, 5.41) is 3.19. The van der Waals surface area contributed by atoms with Crippen molar-refractivity contribution in [3.05, 3.63) is 70.3 Å². The number of ether oxygens (including phenoxy) is 1. The first kappa shape index (κ1) is 19.6. The standard InChI is InChI=1S/C23H30N2O2/c1-4-22(21-10-5-17(2)15-18(21)3)24-23(26)20-8-6-19(7-9-20)16-25-11-13-27-14-12-25/h5-10,15,22H,4,11-14,16H2,1-3H3,(H,24,26)/t22-/m0/s1. The van der Waals surface area contributed by atoms with Crippen molar-refractivity contribution in [1.82, 2.24) is 10.2 Å². The van der Waals surface area contributed by atoms with E-state index >= 15 is 0 Å². The summed E-state index contributed by atoms with van der Waals surface area (Å²) in [4.78, 5) is 15.1. The predicted octanol–water partition coefficient (Wildman–Crippen LogP) is 4.02. The summed E-state index contributed by atoms with van der Waals surface area (Å²) in [6, 6.07) is 14.4. The molecule has 2 aromatic rings. The first-order valence-corrected chi connectivity index (χ1v) is 9.84. The van der Waals surface area contributed by atoms with Gasteiger partial charge in [0, 0.05) is 25.2 Å². The zero-order valence-electron chi connectivity index (χ0n) is 16.6. The second kappa shape index (κ2) is 9.16. The molecule has 0 aromatic heterocycles. The van der Waals surface area contributed by atoms with E-state index in [4.69, 9.17) is 4.74 Å². The SMILES string of the molecule is CC[C@H](NC(=O)c1ccc(CN2CCOCC2)cc1)c1ccc(C)cc1C. The van der Waals surface area contributed by atoms with Gasteiger partial charge < -0.3 is 10.1 Å². The number of amides is 1. The molecule has 0 bridgehead atoms. The lowest BCUT2D eigenvalue weighted by molar-refractivity contribution is 0.0342. The molecule has 1 heterocycles. The molecule has 1 aliphatic rings. The summed E-state index contributed by atoms with van der Waals surface area (Å²) >= 11 is 0. The van der Waals surface area contributed by atoms with Crippen LogP contribution in [0.3, 0.4) is 0 Å². The lowest BCUT2D eigenvalue weighted by atomic mass is 9.97. The van der Waals surface area contributed by atoms with E-state index in [2.05, 4.69) is 61.3 Å². The van der Waals surface area contributed by atoms with Gasteiger partial charge in [0.05, 0.1) is 19.3 Å². The molecule has 144 valence electrons. The van der Waals surface area contributed by atoms with Gasteiger partial charge in [-0.15, -0.1) is 0 Å². The molecule has 0 radical (unpaired) electrons. The Morgan fingerprint density at radius 2 is 1.81 bits per heavy atom. The Morgan fingerprint density at radius 3 is 2.44 bits per heavy atom. The van der Waals surface area contributed by atoms with Crippen molar-refractivity contribution < 1.29 is 9.53 Å². The number of hydrogen-bond donors (Lipinski definition) is 1. The number of aryl methyl sites for hydroxylation is 2. The van der Waals surface area contributed by atoms with Crippen LogP contribution in [0, 0.1) is 13.8 Å². The van der Waals surface area contributed by atoms with Gasteiger partial charge in [0.15, 0.2) is 0 Å². The molecule has 0 aliphatic carbocycles. The summed E-state index contributed by atoms with van der Waals surface area (Å²) < 4.78 is 5.39.